The van der Waals surface area contributed by atoms with Crippen molar-refractivity contribution in [2.45, 2.75) is 32.9 Å². The summed E-state index contributed by atoms with van der Waals surface area (Å²) in [5.41, 5.74) is 2.26. The Hall–Kier alpha value is -2.93. The summed E-state index contributed by atoms with van der Waals surface area (Å²) in [7, 11) is 0. The number of carbonyl (C=O) groups is 1. The Bertz CT molecular complexity index is 1190. The molecule has 2 atom stereocenters. The number of nitrogens with zero attached hydrogens (tertiary/aromatic N) is 3. The molecular weight excluding hydrogens is 360 g/mol. The van der Waals surface area contributed by atoms with Crippen LogP contribution in [0.15, 0.2) is 52.6 Å². The van der Waals surface area contributed by atoms with E-state index in [2.05, 4.69) is 10.4 Å². The molecule has 138 valence electrons. The molecule has 0 fully saturated rings. The molecule has 0 aliphatic rings. The first kappa shape index (κ1) is 17.5. The first-order chi connectivity index (χ1) is 13.0. The molecule has 4 rings (SSSR count). The molecule has 6 nitrogen and oxygen atoms in total. The smallest absolute Gasteiger partial charge is 0.291 e. The van der Waals surface area contributed by atoms with E-state index in [9.17, 15) is 9.59 Å². The van der Waals surface area contributed by atoms with Crippen molar-refractivity contribution in [2.24, 2.45) is 0 Å². The molecule has 0 saturated carbocycles. The van der Waals surface area contributed by atoms with E-state index in [1.54, 1.807) is 18.3 Å². The first-order valence-electron chi connectivity index (χ1n) is 8.81. The van der Waals surface area contributed by atoms with Crippen LogP contribution in [0.5, 0.6) is 0 Å². The Balaban J connectivity index is 1.68. The highest BCUT2D eigenvalue weighted by molar-refractivity contribution is 7.17. The second kappa shape index (κ2) is 6.66. The molecule has 0 unspecified atom stereocenters. The number of benzene rings is 1. The molecule has 3 heterocycles. The van der Waals surface area contributed by atoms with Crippen LogP contribution in [0, 0.1) is 6.92 Å². The van der Waals surface area contributed by atoms with Gasteiger partial charge in [-0.2, -0.15) is 5.10 Å². The van der Waals surface area contributed by atoms with Crippen molar-refractivity contribution in [3.05, 3.63) is 69.6 Å². The minimum atomic E-state index is -0.708. The van der Waals surface area contributed by atoms with Gasteiger partial charge in [-0.05, 0) is 43.8 Å². The maximum Gasteiger partial charge on any atom is 0.291 e. The van der Waals surface area contributed by atoms with Gasteiger partial charge in [-0.3, -0.25) is 14.0 Å². The summed E-state index contributed by atoms with van der Waals surface area (Å²) in [5, 5.41) is 9.37. The highest BCUT2D eigenvalue weighted by Crippen LogP contribution is 2.24. The van der Waals surface area contributed by atoms with E-state index in [4.69, 9.17) is 0 Å². The number of aryl methyl sites for hydroxylation is 1. The summed E-state index contributed by atoms with van der Waals surface area (Å²) < 4.78 is 4.16. The van der Waals surface area contributed by atoms with Gasteiger partial charge in [0.1, 0.15) is 17.4 Å². The number of amides is 1. The fourth-order valence-electron chi connectivity index (χ4n) is 3.33. The van der Waals surface area contributed by atoms with Gasteiger partial charge in [0.05, 0.1) is 16.3 Å². The molecule has 0 saturated heterocycles. The van der Waals surface area contributed by atoms with Gasteiger partial charge >= 0.3 is 0 Å². The predicted octanol–water partition coefficient (Wildman–Crippen LogP) is 3.46. The fraction of sp³-hybridized carbons (Fsp3) is 0.250. The van der Waals surface area contributed by atoms with Gasteiger partial charge in [-0.1, -0.05) is 30.3 Å². The Labute approximate surface area is 160 Å². The Morgan fingerprint density at radius 1 is 1.15 bits per heavy atom. The van der Waals surface area contributed by atoms with Gasteiger partial charge in [-0.25, -0.2) is 4.68 Å². The molecule has 1 aromatic carbocycles. The van der Waals surface area contributed by atoms with Crippen molar-refractivity contribution in [1.82, 2.24) is 19.5 Å². The van der Waals surface area contributed by atoms with Crippen molar-refractivity contribution < 1.29 is 4.79 Å². The van der Waals surface area contributed by atoms with Crippen LogP contribution in [0.25, 0.3) is 15.7 Å². The van der Waals surface area contributed by atoms with E-state index in [0.717, 1.165) is 15.8 Å². The molecule has 0 aliphatic heterocycles. The van der Waals surface area contributed by atoms with E-state index in [-0.39, 0.29) is 17.5 Å². The van der Waals surface area contributed by atoms with Crippen LogP contribution >= 0.6 is 11.3 Å². The van der Waals surface area contributed by atoms with E-state index in [1.807, 2.05) is 66.1 Å². The molecule has 1 amide bonds. The van der Waals surface area contributed by atoms with Gasteiger partial charge in [0.25, 0.3) is 5.56 Å². The molecular formula is C20H20N4O2S. The molecule has 7 heteroatoms. The molecule has 0 bridgehead atoms. The summed E-state index contributed by atoms with van der Waals surface area (Å²) in [6.07, 6.45) is 0. The number of rotatable bonds is 4. The molecule has 0 aliphatic carbocycles. The van der Waals surface area contributed by atoms with E-state index in [1.165, 1.54) is 4.68 Å². The van der Waals surface area contributed by atoms with Crippen LogP contribution < -0.4 is 10.9 Å². The normalized spacial score (nSPS) is 13.7. The average Bonchev–Trinajstić information content (AvgIpc) is 3.26. The van der Waals surface area contributed by atoms with Crippen molar-refractivity contribution in [1.29, 1.82) is 0 Å². The lowest BCUT2D eigenvalue weighted by atomic mass is 10.1. The quantitative estimate of drug-likeness (QED) is 0.590. The number of aromatic nitrogens is 3. The molecule has 4 aromatic rings. The van der Waals surface area contributed by atoms with Crippen LogP contribution in [-0.2, 0) is 4.79 Å². The molecule has 3 aromatic heterocycles. The van der Waals surface area contributed by atoms with Crippen LogP contribution in [0.2, 0.25) is 0 Å². The lowest BCUT2D eigenvalue weighted by molar-refractivity contribution is -0.124. The van der Waals surface area contributed by atoms with Gasteiger partial charge in [0, 0.05) is 0 Å². The SMILES string of the molecule is Cc1nn([C@H](C)C(=O)N[C@@H](C)c2ccccc2)c(=O)c2cc3sccc3n12. The number of nitrogens with one attached hydrogen (secondary N) is 1. The predicted molar refractivity (Wildman–Crippen MR) is 107 cm³/mol. The van der Waals surface area contributed by atoms with Crippen molar-refractivity contribution >= 4 is 33.0 Å². The van der Waals surface area contributed by atoms with E-state index >= 15 is 0 Å². The molecule has 1 N–H and O–H groups in total. The third-order valence-corrected chi connectivity index (χ3v) is 5.68. The van der Waals surface area contributed by atoms with Crippen LogP contribution in [0.4, 0.5) is 0 Å². The average molecular weight is 380 g/mol. The summed E-state index contributed by atoms with van der Waals surface area (Å²) >= 11 is 1.58. The standard InChI is InChI=1S/C20H20N4O2S/c1-12(15-7-5-4-6-8-15)21-19(25)13(2)24-20(26)17-11-18-16(9-10-27-18)23(17)14(3)22-24/h4-13H,1-3H3,(H,21,25)/t12-,13+/m0/s1. The maximum absolute atomic E-state index is 13.0. The van der Waals surface area contributed by atoms with Crippen molar-refractivity contribution in [3.63, 3.8) is 0 Å². The van der Waals surface area contributed by atoms with Gasteiger partial charge in [0.15, 0.2) is 0 Å². The number of hydrogen-bond acceptors (Lipinski definition) is 4. The lowest BCUT2D eigenvalue weighted by Gasteiger charge is -2.19. The Kier molecular flexibility index (Phi) is 4.31. The zero-order valence-electron chi connectivity index (χ0n) is 15.3. The van der Waals surface area contributed by atoms with Gasteiger partial charge in [0.2, 0.25) is 5.91 Å². The minimum Gasteiger partial charge on any atom is -0.348 e. The molecule has 0 spiro atoms. The topological polar surface area (TPSA) is 68.4 Å². The summed E-state index contributed by atoms with van der Waals surface area (Å²) in [6, 6.07) is 12.7. The largest absolute Gasteiger partial charge is 0.348 e. The van der Waals surface area contributed by atoms with Crippen LogP contribution in [-0.4, -0.2) is 20.1 Å². The zero-order valence-corrected chi connectivity index (χ0v) is 16.2. The maximum atomic E-state index is 13.0. The van der Waals surface area contributed by atoms with Crippen molar-refractivity contribution in [3.8, 4) is 0 Å². The zero-order chi connectivity index (χ0) is 19.1. The number of carbonyl (C=O) groups excluding carboxylic acids is 1. The third-order valence-electron chi connectivity index (χ3n) is 4.83. The lowest BCUT2D eigenvalue weighted by Crippen LogP contribution is -2.39. The van der Waals surface area contributed by atoms with Gasteiger partial charge in [-0.15, -0.1) is 11.3 Å². The number of fused-ring (bicyclic) bond motifs is 3. The summed E-state index contributed by atoms with van der Waals surface area (Å²) in [4.78, 5) is 25.7. The van der Waals surface area contributed by atoms with Crippen LogP contribution in [0.3, 0.4) is 0 Å². The molecule has 0 radical (unpaired) electrons. The highest BCUT2D eigenvalue weighted by Gasteiger charge is 2.22. The molecule has 27 heavy (non-hydrogen) atoms. The first-order valence-corrected chi connectivity index (χ1v) is 9.68. The third kappa shape index (κ3) is 2.94. The minimum absolute atomic E-state index is 0.152. The highest BCUT2D eigenvalue weighted by atomic mass is 32.1. The Morgan fingerprint density at radius 2 is 1.89 bits per heavy atom. The van der Waals surface area contributed by atoms with E-state index < -0.39 is 6.04 Å². The van der Waals surface area contributed by atoms with Crippen LogP contribution in [0.1, 0.15) is 37.3 Å². The second-order valence-electron chi connectivity index (χ2n) is 6.65. The number of thiophene rings is 1. The Morgan fingerprint density at radius 3 is 2.63 bits per heavy atom. The van der Waals surface area contributed by atoms with Crippen molar-refractivity contribution in [2.75, 3.05) is 0 Å². The number of hydrogen-bond donors (Lipinski definition) is 1. The van der Waals surface area contributed by atoms with E-state index in [0.29, 0.717) is 11.3 Å². The summed E-state index contributed by atoms with van der Waals surface area (Å²) in [5.74, 6) is 0.437. The fourth-order valence-corrected chi connectivity index (χ4v) is 4.13. The summed E-state index contributed by atoms with van der Waals surface area (Å²) in [6.45, 7) is 5.46. The monoisotopic (exact) mass is 380 g/mol. The van der Waals surface area contributed by atoms with Gasteiger partial charge < -0.3 is 5.32 Å². The second-order valence-corrected chi connectivity index (χ2v) is 7.60.